The molecule has 1 aromatic heterocycles. The van der Waals surface area contributed by atoms with Gasteiger partial charge in [0, 0.05) is 26.0 Å². The summed E-state index contributed by atoms with van der Waals surface area (Å²) in [7, 11) is 2.02. The Labute approximate surface area is 149 Å². The molecule has 0 fully saturated rings. The summed E-state index contributed by atoms with van der Waals surface area (Å²) in [5.41, 5.74) is 0. The molecule has 1 rings (SSSR count). The second-order valence-corrected chi connectivity index (χ2v) is 7.35. The van der Waals surface area contributed by atoms with Crippen LogP contribution in [0, 0.1) is 4.77 Å². The fraction of sp³-hybridized carbons (Fsp3) is 0.850. The summed E-state index contributed by atoms with van der Waals surface area (Å²) in [6, 6.07) is 0. The number of aromatic nitrogens is 2. The van der Waals surface area contributed by atoms with E-state index in [0.717, 1.165) is 11.3 Å². The van der Waals surface area contributed by atoms with Crippen LogP contribution in [0.4, 0.5) is 0 Å². The van der Waals surface area contributed by atoms with E-state index < -0.39 is 0 Å². The Morgan fingerprint density at radius 2 is 1.13 bits per heavy atom. The summed E-state index contributed by atoms with van der Waals surface area (Å²) < 4.78 is 5.15. The van der Waals surface area contributed by atoms with Crippen LogP contribution >= 0.6 is 12.2 Å². The van der Waals surface area contributed by atoms with E-state index in [1.54, 1.807) is 0 Å². The minimum absolute atomic E-state index is 0.944. The van der Waals surface area contributed by atoms with Crippen LogP contribution in [0.1, 0.15) is 96.8 Å². The Hall–Kier alpha value is -0.570. The third kappa shape index (κ3) is 10.0. The quantitative estimate of drug-likeness (QED) is 0.246. The average molecular weight is 339 g/mol. The standard InChI is InChI=1S/C20H38N2S/c1-3-4-5-6-7-8-9-10-11-12-13-14-15-16-17-22-19-18-21(2)20(22)23/h18-19H,3-17H2,1-2H3. The molecule has 0 aliphatic rings. The van der Waals surface area contributed by atoms with E-state index >= 15 is 0 Å². The third-order valence-electron chi connectivity index (χ3n) is 4.77. The van der Waals surface area contributed by atoms with Crippen LogP contribution in [-0.4, -0.2) is 9.13 Å². The highest BCUT2D eigenvalue weighted by molar-refractivity contribution is 7.71. The van der Waals surface area contributed by atoms with Crippen molar-refractivity contribution < 1.29 is 0 Å². The summed E-state index contributed by atoms with van der Waals surface area (Å²) in [5, 5.41) is 0. The molecule has 1 aromatic rings. The number of rotatable bonds is 15. The van der Waals surface area contributed by atoms with Gasteiger partial charge in [0.2, 0.25) is 0 Å². The highest BCUT2D eigenvalue weighted by Gasteiger charge is 1.97. The van der Waals surface area contributed by atoms with Gasteiger partial charge in [-0.25, -0.2) is 0 Å². The minimum Gasteiger partial charge on any atom is -0.327 e. The molecule has 0 atom stereocenters. The van der Waals surface area contributed by atoms with Gasteiger partial charge in [-0.15, -0.1) is 0 Å². The molecular formula is C20H38N2S. The van der Waals surface area contributed by atoms with Crippen molar-refractivity contribution >= 4 is 12.2 Å². The van der Waals surface area contributed by atoms with Crippen molar-refractivity contribution in [3.63, 3.8) is 0 Å². The Kier molecular flexibility index (Phi) is 12.3. The summed E-state index contributed by atoms with van der Waals surface area (Å²) in [6.07, 6.45) is 23.9. The van der Waals surface area contributed by atoms with Gasteiger partial charge in [0.15, 0.2) is 4.77 Å². The van der Waals surface area contributed by atoms with Crippen molar-refractivity contribution in [2.45, 2.75) is 103 Å². The first kappa shape index (κ1) is 20.5. The van der Waals surface area contributed by atoms with Gasteiger partial charge in [0.25, 0.3) is 0 Å². The van der Waals surface area contributed by atoms with E-state index in [-0.39, 0.29) is 0 Å². The highest BCUT2D eigenvalue weighted by atomic mass is 32.1. The highest BCUT2D eigenvalue weighted by Crippen LogP contribution is 2.13. The maximum absolute atomic E-state index is 5.35. The molecule has 0 aliphatic carbocycles. The van der Waals surface area contributed by atoms with Gasteiger partial charge in [0.05, 0.1) is 0 Å². The molecule has 1 heterocycles. The first-order valence-electron chi connectivity index (χ1n) is 9.97. The van der Waals surface area contributed by atoms with Crippen LogP contribution in [-0.2, 0) is 13.6 Å². The predicted molar refractivity (Wildman–Crippen MR) is 105 cm³/mol. The van der Waals surface area contributed by atoms with E-state index in [2.05, 4.69) is 17.7 Å². The zero-order valence-electron chi connectivity index (χ0n) is 15.6. The van der Waals surface area contributed by atoms with Crippen LogP contribution in [0.5, 0.6) is 0 Å². The molecule has 0 saturated heterocycles. The summed E-state index contributed by atoms with van der Waals surface area (Å²) >= 11 is 5.35. The lowest BCUT2D eigenvalue weighted by Crippen LogP contribution is -1.98. The molecule has 0 radical (unpaired) electrons. The Morgan fingerprint density at radius 1 is 0.696 bits per heavy atom. The molecule has 2 nitrogen and oxygen atoms in total. The van der Waals surface area contributed by atoms with E-state index in [1.165, 1.54) is 89.9 Å². The Bertz CT molecular complexity index is 433. The molecule has 134 valence electrons. The lowest BCUT2D eigenvalue weighted by molar-refractivity contribution is 0.522. The van der Waals surface area contributed by atoms with Gasteiger partial charge in [-0.1, -0.05) is 90.4 Å². The molecular weight excluding hydrogens is 300 g/mol. The Morgan fingerprint density at radius 3 is 1.52 bits per heavy atom. The predicted octanol–water partition coefficient (Wildman–Crippen LogP) is 7.04. The van der Waals surface area contributed by atoms with Crippen molar-refractivity contribution in [3.05, 3.63) is 17.2 Å². The molecule has 0 N–H and O–H groups in total. The topological polar surface area (TPSA) is 9.86 Å². The van der Waals surface area contributed by atoms with Gasteiger partial charge in [0.1, 0.15) is 0 Å². The summed E-state index contributed by atoms with van der Waals surface area (Å²) in [6.45, 7) is 3.37. The maximum Gasteiger partial charge on any atom is 0.179 e. The molecule has 0 unspecified atom stereocenters. The molecule has 0 saturated carbocycles. The minimum atomic E-state index is 0.944. The normalized spacial score (nSPS) is 11.2. The largest absolute Gasteiger partial charge is 0.327 e. The zero-order valence-corrected chi connectivity index (χ0v) is 16.4. The van der Waals surface area contributed by atoms with Crippen LogP contribution in [0.15, 0.2) is 12.4 Å². The molecule has 3 heteroatoms. The fourth-order valence-electron chi connectivity index (χ4n) is 3.16. The van der Waals surface area contributed by atoms with Crippen molar-refractivity contribution in [1.29, 1.82) is 0 Å². The molecule has 0 aliphatic heterocycles. The van der Waals surface area contributed by atoms with E-state index in [0.29, 0.717) is 0 Å². The SMILES string of the molecule is CCCCCCCCCCCCCCCCn1ccn(C)c1=S. The lowest BCUT2D eigenvalue weighted by atomic mass is 10.0. The van der Waals surface area contributed by atoms with Gasteiger partial charge < -0.3 is 9.13 Å². The molecule has 23 heavy (non-hydrogen) atoms. The van der Waals surface area contributed by atoms with Crippen molar-refractivity contribution in [2.75, 3.05) is 0 Å². The number of hydrogen-bond acceptors (Lipinski definition) is 1. The number of hydrogen-bond donors (Lipinski definition) is 0. The zero-order chi connectivity index (χ0) is 16.8. The number of unbranched alkanes of at least 4 members (excludes halogenated alkanes) is 13. The van der Waals surface area contributed by atoms with Crippen molar-refractivity contribution in [1.82, 2.24) is 9.13 Å². The van der Waals surface area contributed by atoms with Gasteiger partial charge in [-0.3, -0.25) is 0 Å². The van der Waals surface area contributed by atoms with E-state index in [4.69, 9.17) is 12.2 Å². The average Bonchev–Trinajstić information content (AvgIpc) is 2.87. The van der Waals surface area contributed by atoms with Crippen LogP contribution < -0.4 is 0 Å². The van der Waals surface area contributed by atoms with Crippen LogP contribution in [0.25, 0.3) is 0 Å². The first-order valence-corrected chi connectivity index (χ1v) is 10.4. The van der Waals surface area contributed by atoms with Crippen molar-refractivity contribution in [3.8, 4) is 0 Å². The second-order valence-electron chi connectivity index (χ2n) is 6.98. The number of aryl methyl sites for hydroxylation is 2. The van der Waals surface area contributed by atoms with Crippen LogP contribution in [0.3, 0.4) is 0 Å². The maximum atomic E-state index is 5.35. The van der Waals surface area contributed by atoms with Crippen molar-refractivity contribution in [2.24, 2.45) is 7.05 Å². The van der Waals surface area contributed by atoms with E-state index in [1.807, 2.05) is 17.8 Å². The van der Waals surface area contributed by atoms with Gasteiger partial charge in [-0.2, -0.15) is 0 Å². The molecule has 0 amide bonds. The Balaban J connectivity index is 1.80. The molecule has 0 bridgehead atoms. The van der Waals surface area contributed by atoms with Gasteiger partial charge in [-0.05, 0) is 18.6 Å². The lowest BCUT2D eigenvalue weighted by Gasteiger charge is -2.04. The molecule has 0 aromatic carbocycles. The van der Waals surface area contributed by atoms with Gasteiger partial charge >= 0.3 is 0 Å². The van der Waals surface area contributed by atoms with E-state index in [9.17, 15) is 0 Å². The summed E-state index contributed by atoms with van der Waals surface area (Å²) in [4.78, 5) is 0. The molecule has 0 spiro atoms. The monoisotopic (exact) mass is 338 g/mol. The number of nitrogens with zero attached hydrogens (tertiary/aromatic N) is 2. The third-order valence-corrected chi connectivity index (χ3v) is 5.29. The second kappa shape index (κ2) is 13.8. The fourth-order valence-corrected chi connectivity index (χ4v) is 3.37. The summed E-state index contributed by atoms with van der Waals surface area (Å²) in [5.74, 6) is 0. The number of imidazole rings is 1. The van der Waals surface area contributed by atoms with Crippen LogP contribution in [0.2, 0.25) is 0 Å². The smallest absolute Gasteiger partial charge is 0.179 e. The first-order chi connectivity index (χ1) is 11.3.